The lowest BCUT2D eigenvalue weighted by molar-refractivity contribution is 0.0697. The van der Waals surface area contributed by atoms with E-state index in [1.165, 1.54) is 6.20 Å². The van der Waals surface area contributed by atoms with Gasteiger partial charge in [0.25, 0.3) is 0 Å². The summed E-state index contributed by atoms with van der Waals surface area (Å²) in [4.78, 5) is 11.3. The Morgan fingerprint density at radius 1 is 1.37 bits per heavy atom. The molecule has 0 fully saturated rings. The molecular formula is C13H12Cl2N2O2. The summed E-state index contributed by atoms with van der Waals surface area (Å²) in [5.41, 5.74) is 0.956. The highest BCUT2D eigenvalue weighted by molar-refractivity contribution is 6.43. The molecule has 2 rings (SSSR count). The summed E-state index contributed by atoms with van der Waals surface area (Å²) in [5, 5.41) is 14.2. The molecule has 0 atom stereocenters. The molecule has 1 aromatic carbocycles. The topological polar surface area (TPSA) is 55.1 Å². The lowest BCUT2D eigenvalue weighted by Gasteiger charge is -2.05. The van der Waals surface area contributed by atoms with Crippen molar-refractivity contribution in [3.8, 4) is 11.3 Å². The molecule has 2 aromatic rings. The van der Waals surface area contributed by atoms with E-state index in [1.807, 2.05) is 13.8 Å². The second kappa shape index (κ2) is 5.23. The first-order valence-electron chi connectivity index (χ1n) is 5.68. The molecule has 1 aromatic heterocycles. The standard InChI is InChI=1S/C13H12Cl2N2O2/c1-7(2)17-6-9(13(18)19)12(16-17)8-4-3-5-10(14)11(8)15/h3-7H,1-2H3,(H,18,19). The Bertz CT molecular complexity index is 636. The van der Waals surface area contributed by atoms with Crippen molar-refractivity contribution >= 4 is 29.2 Å². The number of rotatable bonds is 3. The van der Waals surface area contributed by atoms with Crippen molar-refractivity contribution in [2.24, 2.45) is 0 Å². The van der Waals surface area contributed by atoms with E-state index in [1.54, 1.807) is 22.9 Å². The molecule has 0 amide bonds. The number of benzene rings is 1. The first-order valence-corrected chi connectivity index (χ1v) is 6.44. The van der Waals surface area contributed by atoms with Crippen LogP contribution in [-0.2, 0) is 0 Å². The maximum Gasteiger partial charge on any atom is 0.339 e. The number of aromatic carboxylic acids is 1. The van der Waals surface area contributed by atoms with E-state index in [9.17, 15) is 9.90 Å². The van der Waals surface area contributed by atoms with Gasteiger partial charge in [0.2, 0.25) is 0 Å². The second-order valence-corrected chi connectivity index (χ2v) is 5.16. The lowest BCUT2D eigenvalue weighted by Crippen LogP contribution is -2.00. The van der Waals surface area contributed by atoms with Gasteiger partial charge in [0.1, 0.15) is 11.3 Å². The summed E-state index contributed by atoms with van der Waals surface area (Å²) in [5.74, 6) is -1.04. The van der Waals surface area contributed by atoms with E-state index in [2.05, 4.69) is 5.10 Å². The molecule has 4 nitrogen and oxygen atoms in total. The maximum absolute atomic E-state index is 11.3. The third-order valence-corrected chi connectivity index (χ3v) is 3.52. The van der Waals surface area contributed by atoms with Gasteiger partial charge < -0.3 is 5.11 Å². The van der Waals surface area contributed by atoms with Crippen LogP contribution < -0.4 is 0 Å². The molecule has 0 saturated heterocycles. The highest BCUT2D eigenvalue weighted by atomic mass is 35.5. The van der Waals surface area contributed by atoms with Crippen molar-refractivity contribution < 1.29 is 9.90 Å². The molecule has 19 heavy (non-hydrogen) atoms. The smallest absolute Gasteiger partial charge is 0.339 e. The Morgan fingerprint density at radius 2 is 2.05 bits per heavy atom. The minimum atomic E-state index is -1.04. The largest absolute Gasteiger partial charge is 0.478 e. The van der Waals surface area contributed by atoms with Crippen molar-refractivity contribution in [3.05, 3.63) is 40.0 Å². The predicted octanol–water partition coefficient (Wildman–Crippen LogP) is 4.14. The van der Waals surface area contributed by atoms with Crippen molar-refractivity contribution in [2.75, 3.05) is 0 Å². The fraction of sp³-hybridized carbons (Fsp3) is 0.231. The molecule has 0 aliphatic heterocycles. The van der Waals surface area contributed by atoms with Gasteiger partial charge in [-0.15, -0.1) is 0 Å². The van der Waals surface area contributed by atoms with Gasteiger partial charge >= 0.3 is 5.97 Å². The van der Waals surface area contributed by atoms with E-state index < -0.39 is 5.97 Å². The number of hydrogen-bond donors (Lipinski definition) is 1. The number of carboxylic acid groups (broad SMARTS) is 1. The Balaban J connectivity index is 2.67. The first-order chi connectivity index (χ1) is 8.91. The van der Waals surface area contributed by atoms with Crippen LogP contribution in [0.1, 0.15) is 30.2 Å². The normalized spacial score (nSPS) is 11.0. The van der Waals surface area contributed by atoms with Crippen LogP contribution in [0.25, 0.3) is 11.3 Å². The van der Waals surface area contributed by atoms with Crippen LogP contribution in [-0.4, -0.2) is 20.9 Å². The zero-order valence-electron chi connectivity index (χ0n) is 10.4. The number of carboxylic acids is 1. The molecule has 0 aliphatic rings. The number of halogens is 2. The summed E-state index contributed by atoms with van der Waals surface area (Å²) in [6.45, 7) is 3.84. The van der Waals surface area contributed by atoms with Crippen molar-refractivity contribution in [2.45, 2.75) is 19.9 Å². The van der Waals surface area contributed by atoms with Gasteiger partial charge in [0.15, 0.2) is 0 Å². The van der Waals surface area contributed by atoms with Crippen LogP contribution in [0.4, 0.5) is 0 Å². The van der Waals surface area contributed by atoms with Crippen LogP contribution >= 0.6 is 23.2 Å². The summed E-state index contributed by atoms with van der Waals surface area (Å²) in [6.07, 6.45) is 1.50. The highest BCUT2D eigenvalue weighted by Crippen LogP contribution is 2.34. The van der Waals surface area contributed by atoms with Gasteiger partial charge in [0, 0.05) is 17.8 Å². The molecule has 0 unspecified atom stereocenters. The molecule has 0 bridgehead atoms. The van der Waals surface area contributed by atoms with Gasteiger partial charge in [-0.2, -0.15) is 5.10 Å². The van der Waals surface area contributed by atoms with Crippen molar-refractivity contribution in [1.82, 2.24) is 9.78 Å². The summed E-state index contributed by atoms with van der Waals surface area (Å²) in [6, 6.07) is 5.12. The van der Waals surface area contributed by atoms with Crippen LogP contribution in [0.5, 0.6) is 0 Å². The molecule has 0 saturated carbocycles. The Morgan fingerprint density at radius 3 is 2.63 bits per heavy atom. The van der Waals surface area contributed by atoms with Crippen LogP contribution in [0, 0.1) is 0 Å². The van der Waals surface area contributed by atoms with Gasteiger partial charge in [-0.25, -0.2) is 4.79 Å². The molecular weight excluding hydrogens is 287 g/mol. The average Bonchev–Trinajstić information content (AvgIpc) is 2.77. The third kappa shape index (κ3) is 2.60. The van der Waals surface area contributed by atoms with E-state index in [0.717, 1.165) is 0 Å². The molecule has 1 heterocycles. The minimum Gasteiger partial charge on any atom is -0.478 e. The monoisotopic (exact) mass is 298 g/mol. The van der Waals surface area contributed by atoms with Crippen LogP contribution in [0.2, 0.25) is 10.0 Å². The van der Waals surface area contributed by atoms with E-state index in [4.69, 9.17) is 23.2 Å². The van der Waals surface area contributed by atoms with E-state index in [0.29, 0.717) is 21.3 Å². The zero-order chi connectivity index (χ0) is 14.2. The molecule has 0 aliphatic carbocycles. The Hall–Kier alpha value is -1.52. The predicted molar refractivity (Wildman–Crippen MR) is 75.0 cm³/mol. The van der Waals surface area contributed by atoms with E-state index in [-0.39, 0.29) is 11.6 Å². The quantitative estimate of drug-likeness (QED) is 0.926. The molecule has 1 N–H and O–H groups in total. The van der Waals surface area contributed by atoms with Gasteiger partial charge in [-0.3, -0.25) is 4.68 Å². The molecule has 0 spiro atoms. The number of aromatic nitrogens is 2. The molecule has 100 valence electrons. The lowest BCUT2D eigenvalue weighted by atomic mass is 10.1. The van der Waals surface area contributed by atoms with Crippen LogP contribution in [0.15, 0.2) is 24.4 Å². The number of nitrogens with zero attached hydrogens (tertiary/aromatic N) is 2. The molecule has 6 heteroatoms. The fourth-order valence-electron chi connectivity index (χ4n) is 1.70. The fourth-order valence-corrected chi connectivity index (χ4v) is 2.09. The SMILES string of the molecule is CC(C)n1cc(C(=O)O)c(-c2cccc(Cl)c2Cl)n1. The average molecular weight is 299 g/mol. The first kappa shape index (κ1) is 13.9. The zero-order valence-corrected chi connectivity index (χ0v) is 11.9. The minimum absolute atomic E-state index is 0.0600. The van der Waals surface area contributed by atoms with Crippen molar-refractivity contribution in [3.63, 3.8) is 0 Å². The summed E-state index contributed by atoms with van der Waals surface area (Å²) in [7, 11) is 0. The number of carbonyl (C=O) groups is 1. The second-order valence-electron chi connectivity index (χ2n) is 4.37. The summed E-state index contributed by atoms with van der Waals surface area (Å²) >= 11 is 12.1. The van der Waals surface area contributed by atoms with Gasteiger partial charge in [0.05, 0.1) is 10.0 Å². The van der Waals surface area contributed by atoms with Gasteiger partial charge in [-0.05, 0) is 19.9 Å². The number of hydrogen-bond acceptors (Lipinski definition) is 2. The molecule has 0 radical (unpaired) electrons. The van der Waals surface area contributed by atoms with Crippen LogP contribution in [0.3, 0.4) is 0 Å². The summed E-state index contributed by atoms with van der Waals surface area (Å²) < 4.78 is 1.59. The maximum atomic E-state index is 11.3. The Labute approximate surface area is 120 Å². The Kier molecular flexibility index (Phi) is 3.83. The van der Waals surface area contributed by atoms with Crippen molar-refractivity contribution in [1.29, 1.82) is 0 Å². The van der Waals surface area contributed by atoms with Gasteiger partial charge in [-0.1, -0.05) is 35.3 Å². The highest BCUT2D eigenvalue weighted by Gasteiger charge is 2.20. The van der Waals surface area contributed by atoms with E-state index >= 15 is 0 Å². The third-order valence-electron chi connectivity index (χ3n) is 2.70.